The summed E-state index contributed by atoms with van der Waals surface area (Å²) in [4.78, 5) is 16.9. The minimum absolute atomic E-state index is 0.749. The van der Waals surface area contributed by atoms with Crippen LogP contribution in [0.3, 0.4) is 0 Å². The van der Waals surface area contributed by atoms with Gasteiger partial charge < -0.3 is 10.3 Å². The Balaban J connectivity index is 1.23. The van der Waals surface area contributed by atoms with Gasteiger partial charge in [-0.15, -0.1) is 0 Å². The third-order valence-electron chi connectivity index (χ3n) is 6.88. The van der Waals surface area contributed by atoms with Crippen LogP contribution in [0, 0.1) is 0 Å². The van der Waals surface area contributed by atoms with E-state index in [4.69, 9.17) is 0 Å². The lowest BCUT2D eigenvalue weighted by molar-refractivity contribution is 1.06. The van der Waals surface area contributed by atoms with E-state index in [2.05, 4.69) is 79.8 Å². The lowest BCUT2D eigenvalue weighted by Gasteiger charge is -2.11. The van der Waals surface area contributed by atoms with Crippen LogP contribution in [0.5, 0.6) is 0 Å². The van der Waals surface area contributed by atoms with Crippen molar-refractivity contribution < 1.29 is 0 Å². The van der Waals surface area contributed by atoms with Crippen molar-refractivity contribution in [2.45, 2.75) is 13.3 Å². The molecule has 0 spiro atoms. The number of pyridine rings is 3. The highest BCUT2D eigenvalue weighted by Gasteiger charge is 2.13. The summed E-state index contributed by atoms with van der Waals surface area (Å²) in [7, 11) is 0. The lowest BCUT2D eigenvalue weighted by Crippen LogP contribution is -2.21. The molecular formula is C34H29N7. The lowest BCUT2D eigenvalue weighted by atomic mass is 10.1. The number of rotatable bonds is 8. The van der Waals surface area contributed by atoms with E-state index in [1.54, 1.807) is 18.6 Å². The minimum Gasteiger partial charge on any atom is -0.358 e. The van der Waals surface area contributed by atoms with Crippen molar-refractivity contribution in [3.05, 3.63) is 132 Å². The number of nitrogens with zero attached hydrogens (tertiary/aromatic N) is 4. The second-order valence-electron chi connectivity index (χ2n) is 9.85. The summed E-state index contributed by atoms with van der Waals surface area (Å²) in [6.07, 6.45) is 12.0. The topological polar surface area (TPSA) is 95.2 Å². The Morgan fingerprint density at radius 2 is 1.80 bits per heavy atom. The molecule has 6 rings (SSSR count). The van der Waals surface area contributed by atoms with Crippen LogP contribution >= 0.6 is 0 Å². The van der Waals surface area contributed by atoms with Gasteiger partial charge >= 0.3 is 0 Å². The molecule has 0 radical (unpaired) electrons. The summed E-state index contributed by atoms with van der Waals surface area (Å²) in [5.41, 5.74) is 9.32. The number of hydrogen-bond donors (Lipinski definition) is 3. The molecule has 0 unspecified atom stereocenters. The Morgan fingerprint density at radius 3 is 2.63 bits per heavy atom. The zero-order chi connectivity index (χ0) is 28.2. The first-order valence-corrected chi connectivity index (χ1v) is 13.3. The van der Waals surface area contributed by atoms with Crippen molar-refractivity contribution in [2.75, 3.05) is 5.32 Å². The predicted molar refractivity (Wildman–Crippen MR) is 167 cm³/mol. The van der Waals surface area contributed by atoms with Crippen LogP contribution in [-0.4, -0.2) is 30.1 Å². The van der Waals surface area contributed by atoms with Gasteiger partial charge in [0.05, 0.1) is 34.3 Å². The summed E-state index contributed by atoms with van der Waals surface area (Å²) in [6, 6.07) is 22.2. The van der Waals surface area contributed by atoms with Crippen molar-refractivity contribution >= 4 is 34.8 Å². The van der Waals surface area contributed by atoms with Crippen LogP contribution in [0.2, 0.25) is 0 Å². The van der Waals surface area contributed by atoms with Gasteiger partial charge in [0, 0.05) is 46.8 Å². The fourth-order valence-electron chi connectivity index (χ4n) is 4.75. The first-order valence-electron chi connectivity index (χ1n) is 13.3. The number of aromatic nitrogens is 6. The van der Waals surface area contributed by atoms with E-state index in [-0.39, 0.29) is 0 Å². The van der Waals surface area contributed by atoms with Crippen molar-refractivity contribution in [1.82, 2.24) is 30.1 Å². The number of hydrogen-bond acceptors (Lipinski definition) is 5. The van der Waals surface area contributed by atoms with E-state index < -0.39 is 0 Å². The molecule has 0 saturated carbocycles. The minimum atomic E-state index is 0.749. The average Bonchev–Trinajstić information content (AvgIpc) is 3.60. The number of benzene rings is 1. The average molecular weight is 536 g/mol. The largest absolute Gasteiger partial charge is 0.358 e. The molecular weight excluding hydrogens is 506 g/mol. The summed E-state index contributed by atoms with van der Waals surface area (Å²) in [6.45, 7) is 10.5. The fraction of sp³-hybridized carbons (Fsp3) is 0.0588. The van der Waals surface area contributed by atoms with Crippen molar-refractivity contribution in [3.8, 4) is 22.8 Å². The molecule has 5 aromatic heterocycles. The molecule has 0 aliphatic rings. The maximum Gasteiger partial charge on any atom is 0.116 e. The monoisotopic (exact) mass is 535 g/mol. The van der Waals surface area contributed by atoms with Crippen LogP contribution in [0.15, 0.2) is 110 Å². The Hall–Kier alpha value is -5.56. The summed E-state index contributed by atoms with van der Waals surface area (Å²) < 4.78 is 0. The van der Waals surface area contributed by atoms with E-state index in [0.717, 1.165) is 73.2 Å². The molecule has 0 fully saturated rings. The van der Waals surface area contributed by atoms with Crippen molar-refractivity contribution in [1.29, 1.82) is 0 Å². The number of H-pyrrole nitrogens is 2. The van der Waals surface area contributed by atoms with E-state index in [0.29, 0.717) is 0 Å². The number of aromatic amines is 2. The van der Waals surface area contributed by atoms with Crippen LogP contribution in [0.1, 0.15) is 18.1 Å². The van der Waals surface area contributed by atoms with Gasteiger partial charge in [0.1, 0.15) is 5.69 Å². The quantitative estimate of drug-likeness (QED) is 0.227. The van der Waals surface area contributed by atoms with Gasteiger partial charge in [-0.1, -0.05) is 55.6 Å². The summed E-state index contributed by atoms with van der Waals surface area (Å²) in [5, 5.41) is 13.7. The van der Waals surface area contributed by atoms with Crippen LogP contribution in [-0.2, 0) is 6.42 Å². The van der Waals surface area contributed by atoms with Crippen molar-refractivity contribution in [2.24, 2.45) is 0 Å². The van der Waals surface area contributed by atoms with E-state index in [9.17, 15) is 0 Å². The highest BCUT2D eigenvalue weighted by Crippen LogP contribution is 2.28. The molecule has 7 nitrogen and oxygen atoms in total. The molecule has 6 aromatic rings. The molecule has 0 bridgehead atoms. The van der Waals surface area contributed by atoms with Gasteiger partial charge in [0.2, 0.25) is 0 Å². The second kappa shape index (κ2) is 11.3. The van der Waals surface area contributed by atoms with Crippen LogP contribution in [0.4, 0.5) is 5.69 Å². The zero-order valence-corrected chi connectivity index (χ0v) is 22.7. The van der Waals surface area contributed by atoms with Crippen LogP contribution in [0.25, 0.3) is 51.9 Å². The standard InChI is InChI=1S/C34H29N7/c1-22(26-18-27(21-35-20-26)38-23(2)17-25-9-5-4-6-10-25)12-13-29-24(3)33(41-40-29)32-19-28-30(39-32)14-16-37-34(28)31-11-7-8-15-36-31/h4-16,18-21,38-40H,2-3,17H2,1H3/b22-12+,29-13+. The number of nitrogens with one attached hydrogen (secondary N) is 3. The Morgan fingerprint density at radius 1 is 0.951 bits per heavy atom. The normalized spacial score (nSPS) is 12.1. The molecule has 200 valence electrons. The molecule has 7 heteroatoms. The molecule has 3 N–H and O–H groups in total. The number of allylic oxidation sites excluding steroid dienone is 3. The fourth-order valence-corrected chi connectivity index (χ4v) is 4.75. The third kappa shape index (κ3) is 5.60. The Kier molecular flexibility index (Phi) is 7.07. The highest BCUT2D eigenvalue weighted by atomic mass is 15.1. The first-order chi connectivity index (χ1) is 20.0. The van der Waals surface area contributed by atoms with Gasteiger partial charge in [0.15, 0.2) is 0 Å². The predicted octanol–water partition coefficient (Wildman–Crippen LogP) is 5.87. The molecule has 0 atom stereocenters. The van der Waals surface area contributed by atoms with Crippen molar-refractivity contribution in [3.63, 3.8) is 0 Å². The van der Waals surface area contributed by atoms with Gasteiger partial charge in [-0.25, -0.2) is 0 Å². The molecule has 1 aromatic carbocycles. The second-order valence-corrected chi connectivity index (χ2v) is 9.85. The van der Waals surface area contributed by atoms with Gasteiger partial charge in [0.25, 0.3) is 0 Å². The summed E-state index contributed by atoms with van der Waals surface area (Å²) in [5.74, 6) is 0. The molecule has 0 aliphatic heterocycles. The molecule has 0 amide bonds. The maximum absolute atomic E-state index is 4.58. The Labute approximate surface area is 237 Å². The molecule has 0 aliphatic carbocycles. The van der Waals surface area contributed by atoms with Gasteiger partial charge in [-0.3, -0.25) is 20.1 Å². The molecule has 41 heavy (non-hydrogen) atoms. The SMILES string of the molecule is C=C(Cc1ccccc1)Nc1cncc(/C(C)=C/C=c2/[nH]nc(-c3cc4c(-c5ccccn5)nccc4[nH]3)c2=C)c1. The van der Waals surface area contributed by atoms with E-state index >= 15 is 0 Å². The highest BCUT2D eigenvalue weighted by molar-refractivity contribution is 5.95. The number of fused-ring (bicyclic) bond motifs is 1. The first kappa shape index (κ1) is 25.7. The van der Waals surface area contributed by atoms with Gasteiger partial charge in [-0.05, 0) is 60.0 Å². The smallest absolute Gasteiger partial charge is 0.116 e. The molecule has 0 saturated heterocycles. The number of anilines is 1. The maximum atomic E-state index is 4.58. The van der Waals surface area contributed by atoms with E-state index in [1.807, 2.05) is 60.8 Å². The van der Waals surface area contributed by atoms with Gasteiger partial charge in [-0.2, -0.15) is 5.10 Å². The van der Waals surface area contributed by atoms with Crippen LogP contribution < -0.4 is 15.9 Å². The van der Waals surface area contributed by atoms with E-state index in [1.165, 1.54) is 5.56 Å². The zero-order valence-electron chi connectivity index (χ0n) is 22.7. The summed E-state index contributed by atoms with van der Waals surface area (Å²) >= 11 is 0. The third-order valence-corrected chi connectivity index (χ3v) is 6.88. The molecule has 5 heterocycles. The Bertz CT molecular complexity index is 1980.